The van der Waals surface area contributed by atoms with Gasteiger partial charge in [-0.1, -0.05) is 30.3 Å². The van der Waals surface area contributed by atoms with Crippen LogP contribution in [0.1, 0.15) is 5.56 Å². The molecule has 0 fully saturated rings. The number of alkyl halides is 1. The molecule has 0 bridgehead atoms. The molecular weight excluding hydrogens is 292 g/mol. The Morgan fingerprint density at radius 3 is 2.14 bits per heavy atom. The zero-order valence-electron chi connectivity index (χ0n) is 12.0. The Hall–Kier alpha value is -2.08. The van der Waals surface area contributed by atoms with Crippen LogP contribution in [0.15, 0.2) is 30.3 Å². The number of ether oxygens (including phenoxy) is 2. The molecule has 1 aromatic heterocycles. The predicted octanol–water partition coefficient (Wildman–Crippen LogP) is 2.13. The summed E-state index contributed by atoms with van der Waals surface area (Å²) in [6, 6.07) is 10.5. The molecule has 0 spiro atoms. The van der Waals surface area contributed by atoms with Gasteiger partial charge in [-0.2, -0.15) is 9.97 Å². The lowest BCUT2D eigenvalue weighted by atomic mass is 10.2. The van der Waals surface area contributed by atoms with Crippen molar-refractivity contribution in [1.29, 1.82) is 0 Å². The standard InChI is InChI=1S/C14H17ClN4O2/c1-20-13-16-12(17-14(18-13)21-2)19(9-8-15)10-11-6-4-3-5-7-11/h3-7H,8-10H2,1-2H3. The Balaban J connectivity index is 2.28. The van der Waals surface area contributed by atoms with Crippen LogP contribution in [0, 0.1) is 0 Å². The molecule has 0 saturated carbocycles. The second-order valence-corrected chi connectivity index (χ2v) is 4.58. The maximum absolute atomic E-state index is 5.88. The van der Waals surface area contributed by atoms with Gasteiger partial charge >= 0.3 is 12.0 Å². The minimum absolute atomic E-state index is 0.212. The number of hydrogen-bond acceptors (Lipinski definition) is 6. The van der Waals surface area contributed by atoms with Crippen LogP contribution in [-0.2, 0) is 6.54 Å². The summed E-state index contributed by atoms with van der Waals surface area (Å²) in [6.07, 6.45) is 0. The largest absolute Gasteiger partial charge is 0.467 e. The van der Waals surface area contributed by atoms with Crippen molar-refractivity contribution in [2.75, 3.05) is 31.5 Å². The molecular formula is C14H17ClN4O2. The van der Waals surface area contributed by atoms with Crippen molar-refractivity contribution >= 4 is 17.5 Å². The number of methoxy groups -OCH3 is 2. The highest BCUT2D eigenvalue weighted by molar-refractivity contribution is 6.18. The normalized spacial score (nSPS) is 10.2. The number of benzene rings is 1. The quantitative estimate of drug-likeness (QED) is 0.730. The number of aromatic nitrogens is 3. The second kappa shape index (κ2) is 7.64. The smallest absolute Gasteiger partial charge is 0.324 e. The van der Waals surface area contributed by atoms with Crippen LogP contribution in [-0.4, -0.2) is 41.6 Å². The Morgan fingerprint density at radius 2 is 1.62 bits per heavy atom. The van der Waals surface area contributed by atoms with Crippen LogP contribution >= 0.6 is 11.6 Å². The molecule has 0 saturated heterocycles. The summed E-state index contributed by atoms with van der Waals surface area (Å²) in [5.41, 5.74) is 1.14. The van der Waals surface area contributed by atoms with E-state index in [1.54, 1.807) is 0 Å². The van der Waals surface area contributed by atoms with E-state index in [9.17, 15) is 0 Å². The average molecular weight is 309 g/mol. The number of anilines is 1. The van der Waals surface area contributed by atoms with E-state index in [1.165, 1.54) is 14.2 Å². The number of halogens is 1. The van der Waals surface area contributed by atoms with Crippen LogP contribution < -0.4 is 14.4 Å². The van der Waals surface area contributed by atoms with E-state index in [-0.39, 0.29) is 12.0 Å². The van der Waals surface area contributed by atoms with Gasteiger partial charge in [-0.3, -0.25) is 0 Å². The Labute approximate surface area is 128 Å². The van der Waals surface area contributed by atoms with Crippen molar-refractivity contribution in [2.45, 2.75) is 6.54 Å². The molecule has 0 aliphatic heterocycles. The third kappa shape index (κ3) is 4.19. The van der Waals surface area contributed by atoms with E-state index in [0.29, 0.717) is 24.9 Å². The van der Waals surface area contributed by atoms with Gasteiger partial charge in [0.2, 0.25) is 5.95 Å². The molecule has 21 heavy (non-hydrogen) atoms. The van der Waals surface area contributed by atoms with E-state index >= 15 is 0 Å². The molecule has 1 aromatic carbocycles. The zero-order valence-corrected chi connectivity index (χ0v) is 12.7. The van der Waals surface area contributed by atoms with Gasteiger partial charge < -0.3 is 14.4 Å². The molecule has 0 atom stereocenters. The summed E-state index contributed by atoms with van der Waals surface area (Å²) < 4.78 is 10.1. The Morgan fingerprint density at radius 1 is 1.00 bits per heavy atom. The number of rotatable bonds is 7. The lowest BCUT2D eigenvalue weighted by molar-refractivity contribution is 0.340. The highest BCUT2D eigenvalue weighted by Crippen LogP contribution is 2.18. The van der Waals surface area contributed by atoms with Crippen molar-refractivity contribution in [3.05, 3.63) is 35.9 Å². The summed E-state index contributed by atoms with van der Waals surface area (Å²) in [4.78, 5) is 14.5. The van der Waals surface area contributed by atoms with Gasteiger partial charge in [0.1, 0.15) is 0 Å². The zero-order chi connectivity index (χ0) is 15.1. The summed E-state index contributed by atoms with van der Waals surface area (Å²) in [5.74, 6) is 0.937. The molecule has 0 unspecified atom stereocenters. The molecule has 7 heteroatoms. The number of hydrogen-bond donors (Lipinski definition) is 0. The topological polar surface area (TPSA) is 60.4 Å². The summed E-state index contributed by atoms with van der Waals surface area (Å²) >= 11 is 5.88. The number of nitrogens with zero attached hydrogens (tertiary/aromatic N) is 4. The fraction of sp³-hybridized carbons (Fsp3) is 0.357. The molecule has 6 nitrogen and oxygen atoms in total. The molecule has 2 rings (SSSR count). The first-order chi connectivity index (χ1) is 10.3. The van der Waals surface area contributed by atoms with Gasteiger partial charge in [-0.15, -0.1) is 16.6 Å². The average Bonchev–Trinajstić information content (AvgIpc) is 2.55. The third-order valence-electron chi connectivity index (χ3n) is 2.80. The van der Waals surface area contributed by atoms with Crippen molar-refractivity contribution in [3.8, 4) is 12.0 Å². The summed E-state index contributed by atoms with van der Waals surface area (Å²) in [5, 5.41) is 0. The lowest BCUT2D eigenvalue weighted by Crippen LogP contribution is -2.27. The highest BCUT2D eigenvalue weighted by atomic mass is 35.5. The fourth-order valence-corrected chi connectivity index (χ4v) is 2.01. The van der Waals surface area contributed by atoms with Gasteiger partial charge in [-0.05, 0) is 5.56 Å². The van der Waals surface area contributed by atoms with Crippen molar-refractivity contribution in [2.24, 2.45) is 0 Å². The summed E-state index contributed by atoms with van der Waals surface area (Å²) in [6.45, 7) is 1.25. The van der Waals surface area contributed by atoms with Crippen molar-refractivity contribution < 1.29 is 9.47 Å². The van der Waals surface area contributed by atoms with E-state index in [4.69, 9.17) is 21.1 Å². The van der Waals surface area contributed by atoms with Gasteiger partial charge in [0.25, 0.3) is 0 Å². The highest BCUT2D eigenvalue weighted by Gasteiger charge is 2.14. The van der Waals surface area contributed by atoms with Gasteiger partial charge in [0, 0.05) is 19.0 Å². The molecule has 0 aliphatic carbocycles. The predicted molar refractivity (Wildman–Crippen MR) is 81.1 cm³/mol. The van der Waals surface area contributed by atoms with Crippen LogP contribution in [0.3, 0.4) is 0 Å². The monoisotopic (exact) mass is 308 g/mol. The minimum atomic E-state index is 0.212. The maximum atomic E-state index is 5.88. The molecule has 0 amide bonds. The van der Waals surface area contributed by atoms with Crippen molar-refractivity contribution in [3.63, 3.8) is 0 Å². The molecule has 112 valence electrons. The van der Waals surface area contributed by atoms with Gasteiger partial charge in [-0.25, -0.2) is 0 Å². The van der Waals surface area contributed by atoms with Crippen LogP contribution in [0.2, 0.25) is 0 Å². The maximum Gasteiger partial charge on any atom is 0.324 e. The fourth-order valence-electron chi connectivity index (χ4n) is 1.81. The SMILES string of the molecule is COc1nc(OC)nc(N(CCCl)Cc2ccccc2)n1. The third-order valence-corrected chi connectivity index (χ3v) is 2.97. The van der Waals surface area contributed by atoms with E-state index in [2.05, 4.69) is 15.0 Å². The first-order valence-electron chi connectivity index (χ1n) is 6.45. The Kier molecular flexibility index (Phi) is 5.57. The summed E-state index contributed by atoms with van der Waals surface area (Å²) in [7, 11) is 3.00. The molecule has 0 radical (unpaired) electrons. The van der Waals surface area contributed by atoms with Crippen molar-refractivity contribution in [1.82, 2.24) is 15.0 Å². The molecule has 2 aromatic rings. The van der Waals surface area contributed by atoms with Gasteiger partial charge in [0.15, 0.2) is 0 Å². The lowest BCUT2D eigenvalue weighted by Gasteiger charge is -2.22. The van der Waals surface area contributed by atoms with E-state index in [1.807, 2.05) is 35.2 Å². The second-order valence-electron chi connectivity index (χ2n) is 4.20. The van der Waals surface area contributed by atoms with E-state index in [0.717, 1.165) is 5.56 Å². The van der Waals surface area contributed by atoms with Gasteiger partial charge in [0.05, 0.1) is 14.2 Å². The van der Waals surface area contributed by atoms with Crippen LogP contribution in [0.25, 0.3) is 0 Å². The first-order valence-corrected chi connectivity index (χ1v) is 6.99. The first kappa shape index (κ1) is 15.3. The minimum Gasteiger partial charge on any atom is -0.467 e. The van der Waals surface area contributed by atoms with E-state index < -0.39 is 0 Å². The van der Waals surface area contributed by atoms with Crippen LogP contribution in [0.5, 0.6) is 12.0 Å². The molecule has 1 heterocycles. The Bertz CT molecular complexity index is 546. The molecule has 0 N–H and O–H groups in total. The van der Waals surface area contributed by atoms with Crippen LogP contribution in [0.4, 0.5) is 5.95 Å². The molecule has 0 aliphatic rings.